The monoisotopic (exact) mass is 442 g/mol. The first kappa shape index (κ1) is 22.8. The van der Waals surface area contributed by atoms with E-state index < -0.39 is 40.5 Å². The lowest BCUT2D eigenvalue weighted by Gasteiger charge is -2.16. The van der Waals surface area contributed by atoms with Crippen LogP contribution in [0, 0.1) is 10.1 Å². The zero-order valence-corrected chi connectivity index (χ0v) is 18.0. The van der Waals surface area contributed by atoms with Gasteiger partial charge in [0.25, 0.3) is 5.69 Å². The molecule has 0 bridgehead atoms. The second-order valence-corrected chi connectivity index (χ2v) is 10.2. The van der Waals surface area contributed by atoms with Gasteiger partial charge in [-0.2, -0.15) is 8.42 Å². The summed E-state index contributed by atoms with van der Waals surface area (Å²) in [6.45, 7) is 3.84. The maximum absolute atomic E-state index is 12.8. The number of sulfonamides is 1. The summed E-state index contributed by atoms with van der Waals surface area (Å²) in [5, 5.41) is 11.5. The first-order valence-electron chi connectivity index (χ1n) is 8.66. The van der Waals surface area contributed by atoms with Crippen molar-refractivity contribution in [3.05, 3.63) is 58.1 Å². The highest BCUT2D eigenvalue weighted by molar-refractivity contribution is 7.89. The summed E-state index contributed by atoms with van der Waals surface area (Å²) in [6.07, 6.45) is 0.734. The van der Waals surface area contributed by atoms with Crippen LogP contribution in [0.1, 0.15) is 31.7 Å². The molecule has 9 nitrogen and oxygen atoms in total. The topological polar surface area (TPSA) is 124 Å². The number of nitrogens with zero attached hydrogens (tertiary/aromatic N) is 2. The number of rotatable bonds is 8. The summed E-state index contributed by atoms with van der Waals surface area (Å²) >= 11 is 0. The quantitative estimate of drug-likeness (QED) is 0.349. The van der Waals surface area contributed by atoms with E-state index in [1.54, 1.807) is 18.2 Å². The normalized spacial score (nSPS) is 13.3. The average Bonchev–Trinajstić information content (AvgIpc) is 2.66. The van der Waals surface area contributed by atoms with Crippen molar-refractivity contribution in [2.45, 2.75) is 36.0 Å². The van der Waals surface area contributed by atoms with Crippen LogP contribution in [-0.4, -0.2) is 40.2 Å². The molecule has 0 aliphatic carbocycles. The Kier molecular flexibility index (Phi) is 6.66. The number of hydrogen-bond donors (Lipinski definition) is 0. The maximum Gasteiger partial charge on any atom is 0.346 e. The van der Waals surface area contributed by atoms with Crippen LogP contribution in [0.2, 0.25) is 0 Å². The maximum atomic E-state index is 12.8. The average molecular weight is 443 g/mol. The summed E-state index contributed by atoms with van der Waals surface area (Å²) < 4.78 is 56.2. The lowest BCUT2D eigenvalue weighted by molar-refractivity contribution is -0.388. The summed E-state index contributed by atoms with van der Waals surface area (Å²) in [5.74, 6) is 0.0742. The van der Waals surface area contributed by atoms with Crippen molar-refractivity contribution in [1.29, 1.82) is 0 Å². The summed E-state index contributed by atoms with van der Waals surface area (Å²) in [7, 11) is -6.04. The van der Waals surface area contributed by atoms with Gasteiger partial charge in [0.1, 0.15) is 5.75 Å². The Balaban J connectivity index is 2.58. The van der Waals surface area contributed by atoms with Gasteiger partial charge in [-0.05, 0) is 36.1 Å². The van der Waals surface area contributed by atoms with E-state index >= 15 is 0 Å². The molecule has 0 radical (unpaired) electrons. The molecule has 2 aromatic carbocycles. The van der Waals surface area contributed by atoms with Gasteiger partial charge < -0.3 is 4.18 Å². The third kappa shape index (κ3) is 4.74. The molecule has 0 spiro atoms. The molecule has 0 saturated heterocycles. The molecule has 0 saturated carbocycles. The second kappa shape index (κ2) is 8.47. The van der Waals surface area contributed by atoms with E-state index in [4.69, 9.17) is 4.18 Å². The highest BCUT2D eigenvalue weighted by Crippen LogP contribution is 2.33. The van der Waals surface area contributed by atoms with Crippen LogP contribution in [0.5, 0.6) is 5.75 Å². The van der Waals surface area contributed by atoms with Crippen LogP contribution in [-0.2, 0) is 20.1 Å². The molecule has 1 atom stereocenters. The van der Waals surface area contributed by atoms with Crippen molar-refractivity contribution < 1.29 is 25.9 Å². The Hall–Kier alpha value is -2.50. The minimum Gasteiger partial charge on any atom is -0.378 e. The minimum absolute atomic E-state index is 0.00370. The van der Waals surface area contributed by atoms with Gasteiger partial charge >= 0.3 is 10.1 Å². The van der Waals surface area contributed by atoms with Gasteiger partial charge in [0.05, 0.1) is 9.82 Å². The molecule has 29 heavy (non-hydrogen) atoms. The standard InChI is InChI=1S/C18H22N2O7S2/c1-5-13(2)15-8-6-7-9-17(15)27-29(25,26)18-11-10-14(12-16(18)20(21)22)28(23,24)19(3)4/h6-13H,5H2,1-4H3. The molecule has 2 aromatic rings. The predicted molar refractivity (Wildman–Crippen MR) is 107 cm³/mol. The van der Waals surface area contributed by atoms with Crippen LogP contribution in [0.25, 0.3) is 0 Å². The lowest BCUT2D eigenvalue weighted by atomic mass is 9.98. The van der Waals surface area contributed by atoms with Gasteiger partial charge in [0, 0.05) is 20.2 Å². The molecule has 0 N–H and O–H groups in total. The highest BCUT2D eigenvalue weighted by Gasteiger charge is 2.31. The first-order valence-corrected chi connectivity index (χ1v) is 11.5. The molecular weight excluding hydrogens is 420 g/mol. The molecule has 0 aliphatic rings. The van der Waals surface area contributed by atoms with E-state index in [2.05, 4.69) is 0 Å². The number of benzene rings is 2. The molecular formula is C18H22N2O7S2. The zero-order valence-electron chi connectivity index (χ0n) is 16.4. The van der Waals surface area contributed by atoms with Crippen molar-refractivity contribution in [2.75, 3.05) is 14.1 Å². The SMILES string of the molecule is CCC(C)c1ccccc1OS(=O)(=O)c1ccc(S(=O)(=O)N(C)C)cc1[N+](=O)[O-]. The third-order valence-electron chi connectivity index (χ3n) is 4.44. The molecule has 0 fully saturated rings. The predicted octanol–water partition coefficient (Wildman–Crippen LogP) is 3.13. The van der Waals surface area contributed by atoms with Gasteiger partial charge in [-0.15, -0.1) is 0 Å². The summed E-state index contributed by atoms with van der Waals surface area (Å²) in [6, 6.07) is 9.11. The van der Waals surface area contributed by atoms with Crippen LogP contribution < -0.4 is 4.18 Å². The van der Waals surface area contributed by atoms with Gasteiger partial charge in [-0.1, -0.05) is 32.0 Å². The Morgan fingerprint density at radius 1 is 1.10 bits per heavy atom. The molecule has 0 aromatic heterocycles. The number of nitro benzene ring substituents is 1. The Labute approximate surface area is 170 Å². The van der Waals surface area contributed by atoms with E-state index in [9.17, 15) is 26.9 Å². The molecule has 2 rings (SSSR count). The molecule has 0 amide bonds. The van der Waals surface area contributed by atoms with E-state index in [1.807, 2.05) is 13.8 Å². The zero-order chi connectivity index (χ0) is 22.0. The van der Waals surface area contributed by atoms with Crippen LogP contribution in [0.3, 0.4) is 0 Å². The van der Waals surface area contributed by atoms with Crippen molar-refractivity contribution in [3.63, 3.8) is 0 Å². The van der Waals surface area contributed by atoms with Crippen molar-refractivity contribution in [3.8, 4) is 5.75 Å². The van der Waals surface area contributed by atoms with Crippen LogP contribution in [0.4, 0.5) is 5.69 Å². The smallest absolute Gasteiger partial charge is 0.346 e. The second-order valence-electron chi connectivity index (χ2n) is 6.56. The number of para-hydroxylation sites is 1. The van der Waals surface area contributed by atoms with Crippen LogP contribution >= 0.6 is 0 Å². The molecule has 0 heterocycles. The Morgan fingerprint density at radius 3 is 2.28 bits per heavy atom. The first-order chi connectivity index (χ1) is 13.4. The van der Waals surface area contributed by atoms with Gasteiger partial charge in [-0.3, -0.25) is 10.1 Å². The fraction of sp³-hybridized carbons (Fsp3) is 0.333. The lowest BCUT2D eigenvalue weighted by Crippen LogP contribution is -2.22. The molecule has 1 unspecified atom stereocenters. The number of nitro groups is 1. The largest absolute Gasteiger partial charge is 0.378 e. The Morgan fingerprint density at radius 2 is 1.72 bits per heavy atom. The molecule has 158 valence electrons. The van der Waals surface area contributed by atoms with Crippen molar-refractivity contribution in [2.24, 2.45) is 0 Å². The van der Waals surface area contributed by atoms with Crippen molar-refractivity contribution >= 4 is 25.8 Å². The third-order valence-corrected chi connectivity index (χ3v) is 7.53. The van der Waals surface area contributed by atoms with Crippen LogP contribution in [0.15, 0.2) is 52.3 Å². The minimum atomic E-state index is -4.59. The number of hydrogen-bond acceptors (Lipinski definition) is 7. The summed E-state index contributed by atoms with van der Waals surface area (Å²) in [4.78, 5) is 9.40. The molecule has 11 heteroatoms. The van der Waals surface area contributed by atoms with Crippen molar-refractivity contribution in [1.82, 2.24) is 4.31 Å². The van der Waals surface area contributed by atoms with E-state index in [0.29, 0.717) is 11.6 Å². The van der Waals surface area contributed by atoms with Gasteiger partial charge in [0.2, 0.25) is 10.0 Å². The molecule has 0 aliphatic heterocycles. The van der Waals surface area contributed by atoms with E-state index in [-0.39, 0.29) is 11.7 Å². The fourth-order valence-electron chi connectivity index (χ4n) is 2.57. The van der Waals surface area contributed by atoms with E-state index in [1.165, 1.54) is 20.2 Å². The fourth-order valence-corrected chi connectivity index (χ4v) is 4.59. The summed E-state index contributed by atoms with van der Waals surface area (Å²) in [5.41, 5.74) is -0.234. The highest BCUT2D eigenvalue weighted by atomic mass is 32.2. The van der Waals surface area contributed by atoms with E-state index in [0.717, 1.165) is 22.9 Å². The van der Waals surface area contributed by atoms with Gasteiger partial charge in [0.15, 0.2) is 4.90 Å². The van der Waals surface area contributed by atoms with Gasteiger partial charge in [-0.25, -0.2) is 12.7 Å². The Bertz CT molecular complexity index is 1130.